The van der Waals surface area contributed by atoms with Crippen LogP contribution in [0.25, 0.3) is 0 Å². The van der Waals surface area contributed by atoms with Gasteiger partial charge < -0.3 is 54.7 Å². The van der Waals surface area contributed by atoms with E-state index in [0.29, 0.717) is 5.56 Å². The lowest BCUT2D eigenvalue weighted by molar-refractivity contribution is -0.367. The van der Waals surface area contributed by atoms with Crippen LogP contribution < -0.4 is 0 Å². The second kappa shape index (κ2) is 10.4. The maximum absolute atomic E-state index is 10.6. The summed E-state index contributed by atoms with van der Waals surface area (Å²) in [6.07, 6.45) is -16.0. The molecule has 0 unspecified atom stereocenters. The molecule has 12 heteroatoms. The maximum atomic E-state index is 10.6. The number of aliphatic hydroxyl groups is 6. The van der Waals surface area contributed by atoms with Gasteiger partial charge in [-0.25, -0.2) is 0 Å². The van der Waals surface area contributed by atoms with Gasteiger partial charge in [-0.05, 0) is 24.6 Å². The SMILES string of the molecule is C[C@@H]1O[C@@H](O[C@H]2[C@H](O[C@H](C#N)c3ccc(O)cc3)O[C@H](CO)[C@@H](O)[C@@H]2O)[C@H](O)[C@H](O)[C@H]1O. The summed E-state index contributed by atoms with van der Waals surface area (Å²) >= 11 is 0. The van der Waals surface area contributed by atoms with Crippen molar-refractivity contribution in [2.75, 3.05) is 6.61 Å². The highest BCUT2D eigenvalue weighted by Crippen LogP contribution is 2.32. The summed E-state index contributed by atoms with van der Waals surface area (Å²) in [4.78, 5) is 0. The molecule has 0 bridgehead atoms. The normalized spacial score (nSPS) is 41.1. The molecule has 0 aliphatic carbocycles. The molecule has 178 valence electrons. The van der Waals surface area contributed by atoms with E-state index in [9.17, 15) is 41.0 Å². The van der Waals surface area contributed by atoms with Gasteiger partial charge in [0.05, 0.1) is 18.8 Å². The number of rotatable bonds is 6. The number of phenols is 1. The molecule has 0 saturated carbocycles. The van der Waals surface area contributed by atoms with E-state index in [1.54, 1.807) is 0 Å². The van der Waals surface area contributed by atoms with Crippen molar-refractivity contribution in [3.8, 4) is 11.8 Å². The standard InChI is InChI=1S/C20H27NO11/c1-8-13(24)15(26)17(28)19(29-8)32-18-16(27)14(25)12(7-22)31-20(18)30-11(6-21)9-2-4-10(23)5-3-9/h2-5,8,11-20,22-28H,7H2,1H3/t8-,11+,12+,13-,14+,15+,16-,17+,18+,19-,20+/m0/s1. The molecule has 2 heterocycles. The summed E-state index contributed by atoms with van der Waals surface area (Å²) in [5.74, 6) is -0.0299. The fourth-order valence-electron chi connectivity index (χ4n) is 3.56. The van der Waals surface area contributed by atoms with Gasteiger partial charge in [0.2, 0.25) is 0 Å². The summed E-state index contributed by atoms with van der Waals surface area (Å²) in [5, 5.41) is 79.4. The number of hydrogen-bond donors (Lipinski definition) is 7. The lowest BCUT2D eigenvalue weighted by atomic mass is 9.97. The van der Waals surface area contributed by atoms with Crippen molar-refractivity contribution in [1.29, 1.82) is 5.26 Å². The van der Waals surface area contributed by atoms with Crippen molar-refractivity contribution in [3.63, 3.8) is 0 Å². The molecular weight excluding hydrogens is 430 g/mol. The molecule has 0 amide bonds. The Morgan fingerprint density at radius 3 is 2.19 bits per heavy atom. The highest BCUT2D eigenvalue weighted by Gasteiger charge is 2.50. The Kier molecular flexibility index (Phi) is 8.01. The average Bonchev–Trinajstić information content (AvgIpc) is 2.79. The molecule has 0 radical (unpaired) electrons. The fourth-order valence-corrected chi connectivity index (χ4v) is 3.56. The Morgan fingerprint density at radius 2 is 1.59 bits per heavy atom. The minimum atomic E-state index is -1.70. The molecular formula is C20H27NO11. The van der Waals surface area contributed by atoms with Gasteiger partial charge in [0, 0.05) is 0 Å². The van der Waals surface area contributed by atoms with Crippen molar-refractivity contribution in [2.45, 2.75) is 74.4 Å². The third-order valence-electron chi connectivity index (χ3n) is 5.51. The van der Waals surface area contributed by atoms with E-state index in [1.165, 1.54) is 31.2 Å². The van der Waals surface area contributed by atoms with Crippen molar-refractivity contribution >= 4 is 0 Å². The highest BCUT2D eigenvalue weighted by molar-refractivity contribution is 5.29. The summed E-state index contributed by atoms with van der Waals surface area (Å²) in [7, 11) is 0. The van der Waals surface area contributed by atoms with Gasteiger partial charge in [-0.1, -0.05) is 12.1 Å². The van der Waals surface area contributed by atoms with Crippen LogP contribution in [0.2, 0.25) is 0 Å². The average molecular weight is 457 g/mol. The van der Waals surface area contributed by atoms with Gasteiger partial charge in [0.1, 0.15) is 48.5 Å². The number of hydrogen-bond acceptors (Lipinski definition) is 12. The summed E-state index contributed by atoms with van der Waals surface area (Å²) in [5.41, 5.74) is 0.343. The quantitative estimate of drug-likeness (QED) is 0.239. The van der Waals surface area contributed by atoms with Crippen LogP contribution in [0.1, 0.15) is 18.6 Å². The third-order valence-corrected chi connectivity index (χ3v) is 5.51. The van der Waals surface area contributed by atoms with Crippen molar-refractivity contribution in [2.24, 2.45) is 0 Å². The molecule has 12 nitrogen and oxygen atoms in total. The van der Waals surface area contributed by atoms with Crippen LogP contribution >= 0.6 is 0 Å². The van der Waals surface area contributed by atoms with Gasteiger partial charge in [0.15, 0.2) is 18.7 Å². The van der Waals surface area contributed by atoms with Crippen LogP contribution in [-0.4, -0.2) is 104 Å². The minimum Gasteiger partial charge on any atom is -0.508 e. The molecule has 7 N–H and O–H groups in total. The molecule has 2 aliphatic rings. The van der Waals surface area contributed by atoms with E-state index < -0.39 is 74.1 Å². The first-order chi connectivity index (χ1) is 15.2. The van der Waals surface area contributed by atoms with Crippen LogP contribution in [0.4, 0.5) is 0 Å². The van der Waals surface area contributed by atoms with E-state index in [4.69, 9.17) is 18.9 Å². The molecule has 1 aromatic carbocycles. The largest absolute Gasteiger partial charge is 0.508 e. The number of aliphatic hydroxyl groups excluding tert-OH is 6. The number of nitriles is 1. The lowest BCUT2D eigenvalue weighted by Gasteiger charge is -2.46. The van der Waals surface area contributed by atoms with Crippen LogP contribution in [0, 0.1) is 11.3 Å². The smallest absolute Gasteiger partial charge is 0.189 e. The molecule has 1 aromatic rings. The van der Waals surface area contributed by atoms with Crippen LogP contribution in [0.5, 0.6) is 5.75 Å². The third kappa shape index (κ3) is 5.03. The summed E-state index contributed by atoms with van der Waals surface area (Å²) in [6.45, 7) is 0.761. The van der Waals surface area contributed by atoms with E-state index >= 15 is 0 Å². The highest BCUT2D eigenvalue weighted by atomic mass is 16.8. The first kappa shape index (κ1) is 24.7. The summed E-state index contributed by atoms with van der Waals surface area (Å²) in [6, 6.07) is 7.45. The first-order valence-electron chi connectivity index (χ1n) is 9.99. The first-order valence-corrected chi connectivity index (χ1v) is 9.99. The zero-order valence-corrected chi connectivity index (χ0v) is 17.1. The molecule has 0 spiro atoms. The Hall–Kier alpha value is -1.89. The maximum Gasteiger partial charge on any atom is 0.189 e. The van der Waals surface area contributed by atoms with E-state index in [2.05, 4.69) is 0 Å². The van der Waals surface area contributed by atoms with E-state index in [-0.39, 0.29) is 5.75 Å². The molecule has 2 aliphatic heterocycles. The zero-order chi connectivity index (χ0) is 23.6. The topological polar surface area (TPSA) is 202 Å². The Morgan fingerprint density at radius 1 is 0.938 bits per heavy atom. The van der Waals surface area contributed by atoms with E-state index in [0.717, 1.165) is 0 Å². The molecule has 0 aromatic heterocycles. The minimum absolute atomic E-state index is 0.0299. The number of phenolic OH excluding ortho intramolecular Hbond substituents is 1. The van der Waals surface area contributed by atoms with Crippen LogP contribution in [0.3, 0.4) is 0 Å². The lowest BCUT2D eigenvalue weighted by Crippen LogP contribution is -2.64. The molecule has 32 heavy (non-hydrogen) atoms. The fraction of sp³-hybridized carbons (Fsp3) is 0.650. The number of nitrogens with zero attached hydrogens (tertiary/aromatic N) is 1. The van der Waals surface area contributed by atoms with Gasteiger partial charge in [-0.15, -0.1) is 0 Å². The van der Waals surface area contributed by atoms with Gasteiger partial charge in [-0.3, -0.25) is 0 Å². The summed E-state index contributed by atoms with van der Waals surface area (Å²) < 4.78 is 22.1. The predicted octanol–water partition coefficient (Wildman–Crippen LogP) is -2.37. The second-order valence-electron chi connectivity index (χ2n) is 7.73. The Balaban J connectivity index is 1.83. The van der Waals surface area contributed by atoms with Gasteiger partial charge in [-0.2, -0.15) is 5.26 Å². The molecule has 3 rings (SSSR count). The number of benzene rings is 1. The second-order valence-corrected chi connectivity index (χ2v) is 7.73. The van der Waals surface area contributed by atoms with Crippen LogP contribution in [0.15, 0.2) is 24.3 Å². The Labute approximate surface area is 183 Å². The number of ether oxygens (including phenoxy) is 4. The van der Waals surface area contributed by atoms with Crippen molar-refractivity contribution < 1.29 is 54.7 Å². The molecule has 2 saturated heterocycles. The van der Waals surface area contributed by atoms with E-state index in [1.807, 2.05) is 6.07 Å². The van der Waals surface area contributed by atoms with Crippen molar-refractivity contribution in [3.05, 3.63) is 29.8 Å². The zero-order valence-electron chi connectivity index (χ0n) is 17.1. The number of aromatic hydroxyl groups is 1. The Bertz CT molecular complexity index is 787. The van der Waals surface area contributed by atoms with Gasteiger partial charge >= 0.3 is 0 Å². The van der Waals surface area contributed by atoms with Crippen molar-refractivity contribution in [1.82, 2.24) is 0 Å². The molecule has 11 atom stereocenters. The predicted molar refractivity (Wildman–Crippen MR) is 103 cm³/mol. The van der Waals surface area contributed by atoms with Gasteiger partial charge in [0.25, 0.3) is 0 Å². The van der Waals surface area contributed by atoms with Crippen LogP contribution in [-0.2, 0) is 18.9 Å². The molecule has 2 fully saturated rings. The monoisotopic (exact) mass is 457 g/mol.